The molecule has 0 radical (unpaired) electrons. The van der Waals surface area contributed by atoms with Gasteiger partial charge in [0.1, 0.15) is 0 Å². The third-order valence-corrected chi connectivity index (χ3v) is 2.93. The zero-order valence-corrected chi connectivity index (χ0v) is 9.40. The highest BCUT2D eigenvalue weighted by molar-refractivity contribution is 6.42. The van der Waals surface area contributed by atoms with E-state index in [9.17, 15) is 9.59 Å². The van der Waals surface area contributed by atoms with E-state index < -0.39 is 0 Å². The monoisotopic (exact) mass is 217 g/mol. The molecule has 0 bridgehead atoms. The lowest BCUT2D eigenvalue weighted by Crippen LogP contribution is -2.42. The van der Waals surface area contributed by atoms with E-state index in [1.54, 1.807) is 4.90 Å². The van der Waals surface area contributed by atoms with Gasteiger partial charge < -0.3 is 4.90 Å². The highest BCUT2D eigenvalue weighted by Gasteiger charge is 2.28. The van der Waals surface area contributed by atoms with Gasteiger partial charge in [-0.15, -0.1) is 0 Å². The molecule has 1 amide bonds. The number of aryl methyl sites for hydroxylation is 1. The fraction of sp³-hybridized carbons (Fsp3) is 0.385. The summed E-state index contributed by atoms with van der Waals surface area (Å²) in [6.45, 7) is 2.71. The van der Waals surface area contributed by atoms with Gasteiger partial charge in [0, 0.05) is 18.7 Å². The second kappa shape index (κ2) is 4.47. The Morgan fingerprint density at radius 3 is 2.75 bits per heavy atom. The summed E-state index contributed by atoms with van der Waals surface area (Å²) in [4.78, 5) is 24.8. The number of nitrogens with zero attached hydrogens (tertiary/aromatic N) is 1. The summed E-state index contributed by atoms with van der Waals surface area (Å²) in [7, 11) is 0. The van der Waals surface area contributed by atoms with E-state index >= 15 is 0 Å². The molecule has 0 aromatic heterocycles. The van der Waals surface area contributed by atoms with Crippen molar-refractivity contribution in [2.45, 2.75) is 26.2 Å². The number of carbonyl (C=O) groups excluding carboxylic acids is 2. The number of hydrogen-bond acceptors (Lipinski definition) is 2. The number of benzene rings is 1. The molecule has 1 aromatic rings. The lowest BCUT2D eigenvalue weighted by Gasteiger charge is -2.27. The van der Waals surface area contributed by atoms with Gasteiger partial charge in [0.15, 0.2) is 0 Å². The third-order valence-electron chi connectivity index (χ3n) is 2.93. The van der Waals surface area contributed by atoms with Gasteiger partial charge in [-0.3, -0.25) is 9.59 Å². The Bertz CT molecular complexity index is 426. The van der Waals surface area contributed by atoms with Crippen molar-refractivity contribution < 1.29 is 9.59 Å². The van der Waals surface area contributed by atoms with Crippen molar-refractivity contribution in [3.63, 3.8) is 0 Å². The normalized spacial score (nSPS) is 16.7. The van der Waals surface area contributed by atoms with E-state index in [1.807, 2.05) is 24.3 Å². The number of carbonyl (C=O) groups is 2. The van der Waals surface area contributed by atoms with Crippen LogP contribution >= 0.6 is 0 Å². The van der Waals surface area contributed by atoms with E-state index in [2.05, 4.69) is 6.92 Å². The quantitative estimate of drug-likeness (QED) is 0.710. The standard InChI is InChI=1S/C13H15NO2/c1-2-10-6-3-4-7-11(10)14-9-5-8-12(15)13(14)16/h3-4,6-7H,2,5,8-9H2,1H3. The van der Waals surface area contributed by atoms with Gasteiger partial charge in [0.25, 0.3) is 5.91 Å². The Kier molecular flexibility index (Phi) is 3.04. The summed E-state index contributed by atoms with van der Waals surface area (Å²) in [6, 6.07) is 7.77. The maximum absolute atomic E-state index is 11.8. The van der Waals surface area contributed by atoms with Crippen molar-refractivity contribution in [2.75, 3.05) is 11.4 Å². The molecule has 1 saturated heterocycles. The van der Waals surface area contributed by atoms with Crippen LogP contribution in [0.15, 0.2) is 24.3 Å². The van der Waals surface area contributed by atoms with Crippen LogP contribution in [0.2, 0.25) is 0 Å². The van der Waals surface area contributed by atoms with Crippen molar-refractivity contribution >= 4 is 17.4 Å². The molecule has 1 aromatic carbocycles. The molecule has 0 atom stereocenters. The minimum atomic E-state index is -0.354. The summed E-state index contributed by atoms with van der Waals surface area (Å²) in [6.07, 6.45) is 2.03. The zero-order valence-electron chi connectivity index (χ0n) is 9.40. The molecule has 16 heavy (non-hydrogen) atoms. The first-order valence-corrected chi connectivity index (χ1v) is 5.66. The van der Waals surface area contributed by atoms with Crippen LogP contribution in [0.1, 0.15) is 25.3 Å². The molecule has 1 heterocycles. The number of piperidine rings is 1. The van der Waals surface area contributed by atoms with E-state index in [1.165, 1.54) is 0 Å². The van der Waals surface area contributed by atoms with Crippen molar-refractivity contribution in [1.29, 1.82) is 0 Å². The number of rotatable bonds is 2. The fourth-order valence-electron chi connectivity index (χ4n) is 2.06. The molecule has 1 aliphatic heterocycles. The highest BCUT2D eigenvalue weighted by atomic mass is 16.2. The Morgan fingerprint density at radius 2 is 2.00 bits per heavy atom. The van der Waals surface area contributed by atoms with Gasteiger partial charge in [-0.1, -0.05) is 25.1 Å². The molecule has 0 spiro atoms. The second-order valence-electron chi connectivity index (χ2n) is 3.97. The van der Waals surface area contributed by atoms with Gasteiger partial charge >= 0.3 is 0 Å². The maximum atomic E-state index is 11.8. The first kappa shape index (κ1) is 10.9. The Balaban J connectivity index is 2.35. The number of amides is 1. The van der Waals surface area contributed by atoms with Gasteiger partial charge in [-0.25, -0.2) is 0 Å². The number of hydrogen-bond donors (Lipinski definition) is 0. The molecular weight excluding hydrogens is 202 g/mol. The van der Waals surface area contributed by atoms with Crippen LogP contribution in [-0.2, 0) is 16.0 Å². The predicted molar refractivity (Wildman–Crippen MR) is 62.4 cm³/mol. The molecule has 84 valence electrons. The van der Waals surface area contributed by atoms with Crippen LogP contribution in [0, 0.1) is 0 Å². The van der Waals surface area contributed by atoms with E-state index in [-0.39, 0.29) is 11.7 Å². The maximum Gasteiger partial charge on any atom is 0.294 e. The Morgan fingerprint density at radius 1 is 1.25 bits per heavy atom. The van der Waals surface area contributed by atoms with E-state index in [0.29, 0.717) is 13.0 Å². The van der Waals surface area contributed by atoms with Gasteiger partial charge in [-0.2, -0.15) is 0 Å². The minimum Gasteiger partial charge on any atom is -0.306 e. The molecule has 3 heteroatoms. The lowest BCUT2D eigenvalue weighted by molar-refractivity contribution is -0.137. The van der Waals surface area contributed by atoms with Crippen molar-refractivity contribution in [1.82, 2.24) is 0 Å². The van der Waals surface area contributed by atoms with Crippen LogP contribution in [0.5, 0.6) is 0 Å². The third kappa shape index (κ3) is 1.85. The topological polar surface area (TPSA) is 37.4 Å². The first-order valence-electron chi connectivity index (χ1n) is 5.66. The molecular formula is C13H15NO2. The van der Waals surface area contributed by atoms with Gasteiger partial charge in [0.05, 0.1) is 0 Å². The van der Waals surface area contributed by atoms with Crippen LogP contribution < -0.4 is 4.90 Å². The van der Waals surface area contributed by atoms with Crippen molar-refractivity contribution in [3.8, 4) is 0 Å². The molecule has 1 aliphatic rings. The van der Waals surface area contributed by atoms with Crippen molar-refractivity contribution in [2.24, 2.45) is 0 Å². The zero-order chi connectivity index (χ0) is 11.5. The number of anilines is 1. The smallest absolute Gasteiger partial charge is 0.294 e. The molecule has 0 N–H and O–H groups in total. The molecule has 0 aliphatic carbocycles. The highest BCUT2D eigenvalue weighted by Crippen LogP contribution is 2.24. The van der Waals surface area contributed by atoms with Crippen LogP contribution in [-0.4, -0.2) is 18.2 Å². The molecule has 1 fully saturated rings. The number of ketones is 1. The van der Waals surface area contributed by atoms with E-state index in [4.69, 9.17) is 0 Å². The summed E-state index contributed by atoms with van der Waals surface area (Å²) in [5.41, 5.74) is 2.01. The van der Waals surface area contributed by atoms with E-state index in [0.717, 1.165) is 24.1 Å². The van der Waals surface area contributed by atoms with Crippen LogP contribution in [0.25, 0.3) is 0 Å². The number of Topliss-reactive ketones (excluding diaryl/α,β-unsaturated/α-hetero) is 1. The fourth-order valence-corrected chi connectivity index (χ4v) is 2.06. The largest absolute Gasteiger partial charge is 0.306 e. The summed E-state index contributed by atoms with van der Waals surface area (Å²) in [5, 5.41) is 0. The Labute approximate surface area is 95.1 Å². The second-order valence-corrected chi connectivity index (χ2v) is 3.97. The average Bonchev–Trinajstić information content (AvgIpc) is 2.33. The number of para-hydroxylation sites is 1. The summed E-state index contributed by atoms with van der Waals surface area (Å²) in [5.74, 6) is -0.621. The average molecular weight is 217 g/mol. The summed E-state index contributed by atoms with van der Waals surface area (Å²) < 4.78 is 0. The molecule has 0 unspecified atom stereocenters. The van der Waals surface area contributed by atoms with Crippen LogP contribution in [0.3, 0.4) is 0 Å². The molecule has 3 nitrogen and oxygen atoms in total. The Hall–Kier alpha value is -1.64. The van der Waals surface area contributed by atoms with Crippen molar-refractivity contribution in [3.05, 3.63) is 29.8 Å². The van der Waals surface area contributed by atoms with Gasteiger partial charge in [-0.05, 0) is 24.5 Å². The summed E-state index contributed by atoms with van der Waals surface area (Å²) >= 11 is 0. The minimum absolute atomic E-state index is 0.267. The SMILES string of the molecule is CCc1ccccc1N1CCCC(=O)C1=O. The predicted octanol–water partition coefficient (Wildman–Crippen LogP) is 1.94. The first-order chi connectivity index (χ1) is 7.74. The van der Waals surface area contributed by atoms with Crippen LogP contribution in [0.4, 0.5) is 5.69 Å². The van der Waals surface area contributed by atoms with Gasteiger partial charge in [0.2, 0.25) is 5.78 Å². The molecule has 0 saturated carbocycles. The lowest BCUT2D eigenvalue weighted by atomic mass is 10.0. The molecule has 2 rings (SSSR count).